The molecule has 0 atom stereocenters. The van der Waals surface area contributed by atoms with Gasteiger partial charge in [0.1, 0.15) is 0 Å². The summed E-state index contributed by atoms with van der Waals surface area (Å²) < 4.78 is 10.7. The molecule has 0 aromatic heterocycles. The Hall–Kier alpha value is -0.120. The minimum absolute atomic E-state index is 0.0693. The monoisotopic (exact) mass is 143 g/mol. The molecule has 10 heavy (non-hydrogen) atoms. The van der Waals surface area contributed by atoms with Gasteiger partial charge in [-0.2, -0.15) is 0 Å². The zero-order valence-corrected chi connectivity index (χ0v) is 5.95. The molecule has 0 amide bonds. The predicted octanol–water partition coefficient (Wildman–Crippen LogP) is 0.0966. The molecule has 2 rings (SSSR count). The van der Waals surface area contributed by atoms with E-state index in [9.17, 15) is 0 Å². The fraction of sp³-hybridized carbons (Fsp3) is 1.00. The lowest BCUT2D eigenvalue weighted by molar-refractivity contribution is -0.109. The van der Waals surface area contributed by atoms with E-state index in [1.165, 1.54) is 0 Å². The van der Waals surface area contributed by atoms with Gasteiger partial charge < -0.3 is 15.2 Å². The molecule has 0 aromatic rings. The van der Waals surface area contributed by atoms with Crippen LogP contribution in [0.2, 0.25) is 0 Å². The van der Waals surface area contributed by atoms with E-state index in [2.05, 4.69) is 0 Å². The van der Waals surface area contributed by atoms with Gasteiger partial charge in [0.25, 0.3) is 0 Å². The molecule has 1 heterocycles. The zero-order chi connectivity index (χ0) is 6.97. The van der Waals surface area contributed by atoms with Crippen LogP contribution in [0.3, 0.4) is 0 Å². The number of nitrogens with two attached hydrogens (primary N) is 1. The Kier molecular flexibility index (Phi) is 1.64. The van der Waals surface area contributed by atoms with Crippen LogP contribution in [0.4, 0.5) is 0 Å². The van der Waals surface area contributed by atoms with E-state index < -0.39 is 0 Å². The van der Waals surface area contributed by atoms with Crippen LogP contribution < -0.4 is 5.73 Å². The Balaban J connectivity index is 1.78. The molecule has 0 radical (unpaired) electrons. The van der Waals surface area contributed by atoms with Crippen LogP contribution in [-0.2, 0) is 9.47 Å². The highest BCUT2D eigenvalue weighted by molar-refractivity contribution is 4.85. The van der Waals surface area contributed by atoms with Crippen molar-refractivity contribution in [1.82, 2.24) is 0 Å². The highest BCUT2D eigenvalue weighted by Crippen LogP contribution is 2.32. The van der Waals surface area contributed by atoms with Gasteiger partial charge in [0.05, 0.1) is 13.2 Å². The first-order chi connectivity index (χ1) is 4.86. The molecule has 58 valence electrons. The minimum atomic E-state index is 0.0693. The standard InChI is InChI=1S/C7H13NO2/c8-6-3-5(4-6)7-9-1-2-10-7/h5-7H,1-4,8H2. The maximum atomic E-state index is 5.63. The third kappa shape index (κ3) is 1.05. The van der Waals surface area contributed by atoms with Gasteiger partial charge in [-0.15, -0.1) is 0 Å². The summed E-state index contributed by atoms with van der Waals surface area (Å²) in [6.07, 6.45) is 2.22. The normalized spacial score (nSPS) is 41.7. The molecular formula is C7H13NO2. The predicted molar refractivity (Wildman–Crippen MR) is 36.4 cm³/mol. The second-order valence-electron chi connectivity index (χ2n) is 3.10. The van der Waals surface area contributed by atoms with E-state index in [-0.39, 0.29) is 6.29 Å². The lowest BCUT2D eigenvalue weighted by Crippen LogP contribution is -2.42. The molecule has 0 aromatic carbocycles. The molecule has 0 spiro atoms. The zero-order valence-electron chi connectivity index (χ0n) is 5.95. The molecule has 3 heteroatoms. The summed E-state index contributed by atoms with van der Waals surface area (Å²) >= 11 is 0. The Bertz CT molecular complexity index is 117. The second-order valence-corrected chi connectivity index (χ2v) is 3.10. The van der Waals surface area contributed by atoms with E-state index in [1.54, 1.807) is 0 Å². The fourth-order valence-corrected chi connectivity index (χ4v) is 1.58. The summed E-state index contributed by atoms with van der Waals surface area (Å²) in [5.41, 5.74) is 5.63. The first-order valence-corrected chi connectivity index (χ1v) is 3.85. The van der Waals surface area contributed by atoms with E-state index in [1.807, 2.05) is 0 Å². The third-order valence-electron chi connectivity index (χ3n) is 2.24. The highest BCUT2D eigenvalue weighted by atomic mass is 16.7. The topological polar surface area (TPSA) is 44.5 Å². The van der Waals surface area contributed by atoms with E-state index in [0.29, 0.717) is 12.0 Å². The largest absolute Gasteiger partial charge is 0.350 e. The van der Waals surface area contributed by atoms with Crippen LogP contribution >= 0.6 is 0 Å². The number of hydrogen-bond donors (Lipinski definition) is 1. The molecule has 1 saturated heterocycles. The lowest BCUT2D eigenvalue weighted by atomic mass is 9.80. The Labute approximate surface area is 60.5 Å². The van der Waals surface area contributed by atoms with E-state index >= 15 is 0 Å². The van der Waals surface area contributed by atoms with Gasteiger partial charge in [0.15, 0.2) is 6.29 Å². The van der Waals surface area contributed by atoms with Crippen LogP contribution in [0.15, 0.2) is 0 Å². The van der Waals surface area contributed by atoms with Crippen LogP contribution in [-0.4, -0.2) is 25.5 Å². The highest BCUT2D eigenvalue weighted by Gasteiger charge is 2.36. The Morgan fingerprint density at radius 3 is 2.20 bits per heavy atom. The van der Waals surface area contributed by atoms with Crippen molar-refractivity contribution in [3.63, 3.8) is 0 Å². The van der Waals surface area contributed by atoms with Crippen LogP contribution in [0.1, 0.15) is 12.8 Å². The van der Waals surface area contributed by atoms with Crippen molar-refractivity contribution in [1.29, 1.82) is 0 Å². The molecule has 1 aliphatic heterocycles. The SMILES string of the molecule is NC1CC(C2OCCO2)C1. The first-order valence-electron chi connectivity index (χ1n) is 3.85. The van der Waals surface area contributed by atoms with Crippen molar-refractivity contribution in [3.8, 4) is 0 Å². The number of ether oxygens (including phenoxy) is 2. The van der Waals surface area contributed by atoms with E-state index in [4.69, 9.17) is 15.2 Å². The summed E-state index contributed by atoms with van der Waals surface area (Å²) in [4.78, 5) is 0. The maximum Gasteiger partial charge on any atom is 0.160 e. The summed E-state index contributed by atoms with van der Waals surface area (Å²) in [6.45, 7) is 1.52. The molecule has 3 nitrogen and oxygen atoms in total. The maximum absolute atomic E-state index is 5.63. The van der Waals surface area contributed by atoms with Gasteiger partial charge in [0, 0.05) is 12.0 Å². The Morgan fingerprint density at radius 2 is 1.70 bits per heavy atom. The van der Waals surface area contributed by atoms with Gasteiger partial charge in [-0.25, -0.2) is 0 Å². The molecule has 0 unspecified atom stereocenters. The smallest absolute Gasteiger partial charge is 0.160 e. The molecule has 2 N–H and O–H groups in total. The van der Waals surface area contributed by atoms with Gasteiger partial charge >= 0.3 is 0 Å². The van der Waals surface area contributed by atoms with E-state index in [0.717, 1.165) is 26.1 Å². The van der Waals surface area contributed by atoms with Crippen molar-refractivity contribution in [2.24, 2.45) is 11.7 Å². The van der Waals surface area contributed by atoms with Crippen LogP contribution in [0.5, 0.6) is 0 Å². The van der Waals surface area contributed by atoms with Gasteiger partial charge in [-0.3, -0.25) is 0 Å². The van der Waals surface area contributed by atoms with Gasteiger partial charge in [0.2, 0.25) is 0 Å². The molecule has 1 aliphatic carbocycles. The number of hydrogen-bond acceptors (Lipinski definition) is 3. The second kappa shape index (κ2) is 2.49. The van der Waals surface area contributed by atoms with Crippen LogP contribution in [0, 0.1) is 5.92 Å². The number of rotatable bonds is 1. The molecule has 2 aliphatic rings. The van der Waals surface area contributed by atoms with Crippen molar-refractivity contribution in [2.75, 3.05) is 13.2 Å². The minimum Gasteiger partial charge on any atom is -0.350 e. The van der Waals surface area contributed by atoms with Crippen molar-refractivity contribution < 1.29 is 9.47 Å². The lowest BCUT2D eigenvalue weighted by Gasteiger charge is -2.35. The van der Waals surface area contributed by atoms with Crippen molar-refractivity contribution in [2.45, 2.75) is 25.2 Å². The Morgan fingerprint density at radius 1 is 1.10 bits per heavy atom. The summed E-state index contributed by atoms with van der Waals surface area (Å²) in [5, 5.41) is 0. The van der Waals surface area contributed by atoms with Crippen molar-refractivity contribution in [3.05, 3.63) is 0 Å². The summed E-state index contributed by atoms with van der Waals surface area (Å²) in [5.74, 6) is 0.581. The van der Waals surface area contributed by atoms with Gasteiger partial charge in [-0.05, 0) is 12.8 Å². The molecule has 2 fully saturated rings. The summed E-state index contributed by atoms with van der Waals surface area (Å²) in [6, 6.07) is 0.401. The molecule has 1 saturated carbocycles. The van der Waals surface area contributed by atoms with Crippen molar-refractivity contribution >= 4 is 0 Å². The third-order valence-corrected chi connectivity index (χ3v) is 2.24. The fourth-order valence-electron chi connectivity index (χ4n) is 1.58. The average Bonchev–Trinajstić information content (AvgIpc) is 2.31. The first kappa shape index (κ1) is 6.58. The molecular weight excluding hydrogens is 130 g/mol. The average molecular weight is 143 g/mol. The van der Waals surface area contributed by atoms with Gasteiger partial charge in [-0.1, -0.05) is 0 Å². The molecule has 0 bridgehead atoms. The van der Waals surface area contributed by atoms with Crippen LogP contribution in [0.25, 0.3) is 0 Å². The quantitative estimate of drug-likeness (QED) is 0.566. The summed E-state index contributed by atoms with van der Waals surface area (Å²) in [7, 11) is 0.